The SMILES string of the molecule is COc1ccccc1C(=O)N[C@@H](CCSC)C(=O)NC[C@H](c1ccco1)[NH+](C)C. The molecule has 29 heavy (non-hydrogen) atoms. The smallest absolute Gasteiger partial charge is 0.255 e. The average Bonchev–Trinajstić information content (AvgIpc) is 3.25. The van der Waals surface area contributed by atoms with Crippen molar-refractivity contribution in [1.82, 2.24) is 10.6 Å². The van der Waals surface area contributed by atoms with Crippen molar-refractivity contribution in [3.63, 3.8) is 0 Å². The summed E-state index contributed by atoms with van der Waals surface area (Å²) in [5.74, 6) is 1.50. The normalized spacial score (nSPS) is 13.0. The Morgan fingerprint density at radius 1 is 1.21 bits per heavy atom. The minimum atomic E-state index is -0.630. The van der Waals surface area contributed by atoms with Crippen LogP contribution in [0.4, 0.5) is 0 Å². The number of thioether (sulfide) groups is 1. The topological polar surface area (TPSA) is 85.0 Å². The number of hydrogen-bond acceptors (Lipinski definition) is 5. The lowest BCUT2D eigenvalue weighted by Crippen LogP contribution is -3.07. The molecular weight excluding hydrogens is 390 g/mol. The highest BCUT2D eigenvalue weighted by atomic mass is 32.2. The zero-order valence-electron chi connectivity index (χ0n) is 17.4. The first-order valence-electron chi connectivity index (χ1n) is 9.51. The van der Waals surface area contributed by atoms with Crippen molar-refractivity contribution in [3.8, 4) is 5.75 Å². The number of rotatable bonds is 11. The molecule has 2 aromatic rings. The third-order valence-corrected chi connectivity index (χ3v) is 5.29. The van der Waals surface area contributed by atoms with Crippen LogP contribution in [0.3, 0.4) is 0 Å². The number of para-hydroxylation sites is 1. The quantitative estimate of drug-likeness (QED) is 0.508. The van der Waals surface area contributed by atoms with Gasteiger partial charge in [-0.3, -0.25) is 9.59 Å². The number of hydrogen-bond donors (Lipinski definition) is 3. The van der Waals surface area contributed by atoms with Gasteiger partial charge in [0.15, 0.2) is 11.8 Å². The molecule has 2 amide bonds. The fraction of sp³-hybridized carbons (Fsp3) is 0.429. The number of carbonyl (C=O) groups is 2. The first-order chi connectivity index (χ1) is 14.0. The Balaban J connectivity index is 2.06. The van der Waals surface area contributed by atoms with E-state index in [1.54, 1.807) is 42.3 Å². The molecule has 2 rings (SSSR count). The summed E-state index contributed by atoms with van der Waals surface area (Å²) in [4.78, 5) is 26.7. The zero-order valence-corrected chi connectivity index (χ0v) is 18.2. The maximum Gasteiger partial charge on any atom is 0.255 e. The van der Waals surface area contributed by atoms with Crippen LogP contribution in [0.25, 0.3) is 0 Å². The van der Waals surface area contributed by atoms with Crippen LogP contribution >= 0.6 is 11.8 Å². The Bertz CT molecular complexity index is 780. The molecule has 0 saturated carbocycles. The van der Waals surface area contributed by atoms with Gasteiger partial charge in [0.2, 0.25) is 5.91 Å². The van der Waals surface area contributed by atoms with Crippen LogP contribution in [-0.2, 0) is 4.79 Å². The number of carbonyl (C=O) groups excluding carboxylic acids is 2. The lowest BCUT2D eigenvalue weighted by molar-refractivity contribution is -0.891. The lowest BCUT2D eigenvalue weighted by Gasteiger charge is -2.23. The fourth-order valence-corrected chi connectivity index (χ4v) is 3.45. The third-order valence-electron chi connectivity index (χ3n) is 4.65. The van der Waals surface area contributed by atoms with Gasteiger partial charge in [0, 0.05) is 0 Å². The molecule has 0 spiro atoms. The van der Waals surface area contributed by atoms with Crippen molar-refractivity contribution in [2.45, 2.75) is 18.5 Å². The Labute approximate surface area is 176 Å². The maximum atomic E-state index is 12.9. The Hall–Kier alpha value is -2.45. The van der Waals surface area contributed by atoms with Crippen LogP contribution in [-0.4, -0.2) is 57.6 Å². The molecule has 1 heterocycles. The second-order valence-electron chi connectivity index (χ2n) is 6.90. The van der Waals surface area contributed by atoms with E-state index in [1.165, 1.54) is 7.11 Å². The molecule has 0 bridgehead atoms. The standard InChI is InChI=1S/C21H29N3O4S/c1-24(2)17(19-10-7-12-28-19)14-22-21(26)16(11-13-29-4)23-20(25)15-8-5-6-9-18(15)27-3/h5-10,12,16-17H,11,13-14H2,1-4H3,(H,22,26)(H,23,25)/p+1/t16-,17+/m0/s1. The summed E-state index contributed by atoms with van der Waals surface area (Å²) in [6.45, 7) is 0.412. The van der Waals surface area contributed by atoms with Crippen LogP contribution < -0.4 is 20.3 Å². The molecule has 0 radical (unpaired) electrons. The van der Waals surface area contributed by atoms with Crippen molar-refractivity contribution >= 4 is 23.6 Å². The van der Waals surface area contributed by atoms with Gasteiger partial charge in [-0.2, -0.15) is 11.8 Å². The number of benzene rings is 1. The molecule has 2 atom stereocenters. The molecule has 0 aliphatic heterocycles. The van der Waals surface area contributed by atoms with E-state index in [2.05, 4.69) is 10.6 Å². The van der Waals surface area contributed by atoms with E-state index < -0.39 is 6.04 Å². The molecular formula is C21H30N3O4S+. The molecule has 0 saturated heterocycles. The fourth-order valence-electron chi connectivity index (χ4n) is 2.98. The van der Waals surface area contributed by atoms with Crippen LogP contribution in [0.15, 0.2) is 47.1 Å². The first-order valence-corrected chi connectivity index (χ1v) is 10.9. The van der Waals surface area contributed by atoms with E-state index in [4.69, 9.17) is 9.15 Å². The number of amides is 2. The first kappa shape index (κ1) is 22.8. The zero-order chi connectivity index (χ0) is 21.2. The molecule has 3 N–H and O–H groups in total. The van der Waals surface area contributed by atoms with E-state index in [9.17, 15) is 9.59 Å². The Morgan fingerprint density at radius 2 is 1.97 bits per heavy atom. The Kier molecular flexibility index (Phi) is 9.08. The summed E-state index contributed by atoms with van der Waals surface area (Å²) in [5.41, 5.74) is 0.406. The minimum Gasteiger partial charge on any atom is -0.496 e. The predicted octanol–water partition coefficient (Wildman–Crippen LogP) is 1.14. The summed E-state index contributed by atoms with van der Waals surface area (Å²) >= 11 is 1.63. The predicted molar refractivity (Wildman–Crippen MR) is 115 cm³/mol. The highest BCUT2D eigenvalue weighted by molar-refractivity contribution is 7.98. The van der Waals surface area contributed by atoms with Crippen molar-refractivity contribution in [2.24, 2.45) is 0 Å². The van der Waals surface area contributed by atoms with E-state index in [-0.39, 0.29) is 17.9 Å². The van der Waals surface area contributed by atoms with Crippen LogP contribution in [0, 0.1) is 0 Å². The van der Waals surface area contributed by atoms with Gasteiger partial charge in [0.1, 0.15) is 11.8 Å². The van der Waals surface area contributed by atoms with Gasteiger partial charge < -0.3 is 24.7 Å². The molecule has 0 aliphatic rings. The second kappa shape index (κ2) is 11.5. The summed E-state index contributed by atoms with van der Waals surface area (Å²) < 4.78 is 10.8. The van der Waals surface area contributed by atoms with Gasteiger partial charge in [-0.15, -0.1) is 0 Å². The number of methoxy groups -OCH3 is 1. The highest BCUT2D eigenvalue weighted by Crippen LogP contribution is 2.17. The molecule has 1 aromatic heterocycles. The summed E-state index contributed by atoms with van der Waals surface area (Å²) in [6.07, 6.45) is 4.13. The molecule has 1 aromatic carbocycles. The van der Waals surface area contributed by atoms with Crippen LogP contribution in [0.5, 0.6) is 5.75 Å². The van der Waals surface area contributed by atoms with Crippen molar-refractivity contribution in [2.75, 3.05) is 39.8 Å². The second-order valence-corrected chi connectivity index (χ2v) is 7.88. The highest BCUT2D eigenvalue weighted by Gasteiger charge is 2.26. The van der Waals surface area contributed by atoms with Gasteiger partial charge in [-0.1, -0.05) is 12.1 Å². The van der Waals surface area contributed by atoms with E-state index >= 15 is 0 Å². The lowest BCUT2D eigenvalue weighted by atomic mass is 10.1. The monoisotopic (exact) mass is 420 g/mol. The van der Waals surface area contributed by atoms with Crippen molar-refractivity contribution < 1.29 is 23.6 Å². The average molecular weight is 421 g/mol. The third kappa shape index (κ3) is 6.54. The number of nitrogens with one attached hydrogen (secondary N) is 3. The van der Waals surface area contributed by atoms with E-state index in [1.807, 2.05) is 32.5 Å². The number of furan rings is 1. The maximum absolute atomic E-state index is 12.9. The van der Waals surface area contributed by atoms with Gasteiger partial charge >= 0.3 is 0 Å². The molecule has 0 fully saturated rings. The number of quaternary nitrogens is 1. The van der Waals surface area contributed by atoms with Crippen molar-refractivity contribution in [3.05, 3.63) is 54.0 Å². The minimum absolute atomic E-state index is 0.0138. The van der Waals surface area contributed by atoms with Gasteiger partial charge in [0.25, 0.3) is 5.91 Å². The Morgan fingerprint density at radius 3 is 2.59 bits per heavy atom. The van der Waals surface area contributed by atoms with E-state index in [0.29, 0.717) is 24.3 Å². The van der Waals surface area contributed by atoms with E-state index in [0.717, 1.165) is 16.4 Å². The summed E-state index contributed by atoms with van der Waals surface area (Å²) in [6, 6.07) is 10.1. The van der Waals surface area contributed by atoms with Crippen LogP contribution in [0.1, 0.15) is 28.6 Å². The van der Waals surface area contributed by atoms with Gasteiger partial charge in [-0.05, 0) is 42.7 Å². The largest absolute Gasteiger partial charge is 0.496 e. The van der Waals surface area contributed by atoms with Crippen molar-refractivity contribution in [1.29, 1.82) is 0 Å². The molecule has 8 heteroatoms. The summed E-state index contributed by atoms with van der Waals surface area (Å²) in [5, 5.41) is 5.83. The molecule has 0 aliphatic carbocycles. The van der Waals surface area contributed by atoms with Gasteiger partial charge in [0.05, 0.1) is 39.6 Å². The molecule has 7 nitrogen and oxygen atoms in total. The molecule has 0 unspecified atom stereocenters. The summed E-state index contributed by atoms with van der Waals surface area (Å²) in [7, 11) is 5.53. The van der Waals surface area contributed by atoms with Crippen LogP contribution in [0.2, 0.25) is 0 Å². The number of likely N-dealkylation sites (N-methyl/N-ethyl adjacent to an activating group) is 1. The number of ether oxygens (including phenoxy) is 1. The molecule has 158 valence electrons. The van der Waals surface area contributed by atoms with Gasteiger partial charge in [-0.25, -0.2) is 0 Å².